The molecule has 0 radical (unpaired) electrons. The van der Waals surface area contributed by atoms with Gasteiger partial charge in [0.05, 0.1) is 12.7 Å². The number of rotatable bonds is 8. The van der Waals surface area contributed by atoms with Crippen LogP contribution in [-0.4, -0.2) is 60.6 Å². The van der Waals surface area contributed by atoms with Crippen LogP contribution in [0.2, 0.25) is 0 Å². The maximum Gasteiger partial charge on any atom is 0.325 e. The molecule has 0 aliphatic carbocycles. The number of aliphatic hydroxyl groups is 1. The van der Waals surface area contributed by atoms with Crippen LogP contribution in [0.1, 0.15) is 38.3 Å². The molecule has 1 fully saturated rings. The van der Waals surface area contributed by atoms with Crippen LogP contribution in [0, 0.1) is 5.41 Å². The fraction of sp³-hybridized carbons (Fsp3) is 0.632. The fourth-order valence-electron chi connectivity index (χ4n) is 3.38. The monoisotopic (exact) mass is 351 g/mol. The van der Waals surface area contributed by atoms with Gasteiger partial charge in [0.15, 0.2) is 0 Å². The second-order valence-electron chi connectivity index (χ2n) is 7.16. The van der Waals surface area contributed by atoms with Crippen molar-refractivity contribution in [2.24, 2.45) is 5.41 Å². The highest BCUT2D eigenvalue weighted by molar-refractivity contribution is 5.75. The van der Waals surface area contributed by atoms with Crippen molar-refractivity contribution < 1.29 is 24.5 Å². The molecule has 0 amide bonds. The van der Waals surface area contributed by atoms with Gasteiger partial charge in [0.25, 0.3) is 0 Å². The number of hydrogen-bond donors (Lipinski definition) is 2. The van der Waals surface area contributed by atoms with Crippen molar-refractivity contribution >= 4 is 5.97 Å². The Kier molecular flexibility index (Phi) is 6.81. The first-order valence-corrected chi connectivity index (χ1v) is 8.75. The zero-order valence-electron chi connectivity index (χ0n) is 15.3. The molecule has 2 rings (SSSR count). The molecule has 0 aromatic heterocycles. The van der Waals surface area contributed by atoms with E-state index in [1.54, 1.807) is 31.3 Å². The Morgan fingerprint density at radius 1 is 1.28 bits per heavy atom. The Bertz CT molecular complexity index is 551. The summed E-state index contributed by atoms with van der Waals surface area (Å²) in [7, 11) is 1.80. The van der Waals surface area contributed by atoms with E-state index in [2.05, 4.69) is 0 Å². The van der Waals surface area contributed by atoms with Crippen molar-refractivity contribution in [2.75, 3.05) is 33.4 Å². The molecule has 1 aliphatic heterocycles. The molecule has 1 unspecified atom stereocenters. The second-order valence-corrected chi connectivity index (χ2v) is 7.16. The predicted molar refractivity (Wildman–Crippen MR) is 94.8 cm³/mol. The van der Waals surface area contributed by atoms with Crippen LogP contribution in [-0.2, 0) is 9.53 Å². The first-order chi connectivity index (χ1) is 11.9. The Hall–Kier alpha value is -1.63. The van der Waals surface area contributed by atoms with Crippen LogP contribution in [0.4, 0.5) is 0 Å². The minimum absolute atomic E-state index is 0.0359. The van der Waals surface area contributed by atoms with Gasteiger partial charge in [-0.05, 0) is 51.4 Å². The van der Waals surface area contributed by atoms with Gasteiger partial charge < -0.3 is 19.7 Å². The van der Waals surface area contributed by atoms with Crippen LogP contribution in [0.5, 0.6) is 5.75 Å². The molecule has 1 saturated heterocycles. The summed E-state index contributed by atoms with van der Waals surface area (Å²) in [6.45, 7) is 5.65. The van der Waals surface area contributed by atoms with Crippen molar-refractivity contribution in [2.45, 2.75) is 38.8 Å². The average Bonchev–Trinajstić information content (AvgIpc) is 2.56. The van der Waals surface area contributed by atoms with Gasteiger partial charge in [-0.3, -0.25) is 9.69 Å². The van der Waals surface area contributed by atoms with Crippen molar-refractivity contribution in [1.29, 1.82) is 0 Å². The normalized spacial score (nSPS) is 18.3. The molecule has 1 aromatic rings. The molecule has 0 saturated carbocycles. The first-order valence-electron chi connectivity index (χ1n) is 8.75. The van der Waals surface area contributed by atoms with E-state index in [-0.39, 0.29) is 18.1 Å². The minimum atomic E-state index is -0.903. The average molecular weight is 351 g/mol. The number of carbonyl (C=O) groups is 1. The molecule has 1 aromatic carbocycles. The molecule has 1 heterocycles. The van der Waals surface area contributed by atoms with Gasteiger partial charge in [-0.15, -0.1) is 0 Å². The van der Waals surface area contributed by atoms with Crippen LogP contribution >= 0.6 is 0 Å². The van der Waals surface area contributed by atoms with Gasteiger partial charge >= 0.3 is 5.97 Å². The lowest BCUT2D eigenvalue weighted by molar-refractivity contribution is -0.144. The number of nitrogens with zero attached hydrogens (tertiary/aromatic N) is 1. The van der Waals surface area contributed by atoms with Crippen molar-refractivity contribution in [3.05, 3.63) is 29.8 Å². The molecule has 1 atom stereocenters. The number of ether oxygens (including phenoxy) is 2. The lowest BCUT2D eigenvalue weighted by Crippen LogP contribution is -2.45. The third-order valence-electron chi connectivity index (χ3n) is 4.72. The summed E-state index contributed by atoms with van der Waals surface area (Å²) in [5, 5.41) is 19.6. The lowest BCUT2D eigenvalue weighted by atomic mass is 9.80. The Balaban J connectivity index is 2.14. The van der Waals surface area contributed by atoms with E-state index in [1.807, 2.05) is 18.7 Å². The minimum Gasteiger partial charge on any atom is -0.491 e. The van der Waals surface area contributed by atoms with Crippen molar-refractivity contribution in [1.82, 2.24) is 4.90 Å². The quantitative estimate of drug-likeness (QED) is 0.748. The summed E-state index contributed by atoms with van der Waals surface area (Å²) >= 11 is 0. The molecule has 0 bridgehead atoms. The van der Waals surface area contributed by atoms with Gasteiger partial charge in [0.2, 0.25) is 0 Å². The predicted octanol–water partition coefficient (Wildman–Crippen LogP) is 2.32. The highest BCUT2D eigenvalue weighted by Crippen LogP contribution is 2.33. The summed E-state index contributed by atoms with van der Waals surface area (Å²) in [6.07, 6.45) is 1.55. The van der Waals surface area contributed by atoms with Gasteiger partial charge in [-0.25, -0.2) is 0 Å². The molecule has 25 heavy (non-hydrogen) atoms. The molecular formula is C19H29NO5. The number of carboxylic acid groups (broad SMARTS) is 1. The number of aliphatic hydroxyl groups excluding tert-OH is 1. The van der Waals surface area contributed by atoms with Gasteiger partial charge in [-0.1, -0.05) is 12.1 Å². The van der Waals surface area contributed by atoms with Crippen LogP contribution in [0.15, 0.2) is 24.3 Å². The lowest BCUT2D eigenvalue weighted by Gasteiger charge is -2.40. The molecule has 1 aliphatic rings. The van der Waals surface area contributed by atoms with Gasteiger partial charge in [0, 0.05) is 25.2 Å². The van der Waals surface area contributed by atoms with E-state index >= 15 is 0 Å². The summed E-state index contributed by atoms with van der Waals surface area (Å²) in [5.74, 6) is -0.179. The number of hydrogen-bond acceptors (Lipinski definition) is 5. The summed E-state index contributed by atoms with van der Waals surface area (Å²) in [5.41, 5.74) is 0.396. The molecule has 0 spiro atoms. The van der Waals surface area contributed by atoms with E-state index < -0.39 is 12.0 Å². The number of benzene rings is 1. The molecule has 6 heteroatoms. The topological polar surface area (TPSA) is 79.2 Å². The summed E-state index contributed by atoms with van der Waals surface area (Å²) in [6, 6.07) is 6.43. The summed E-state index contributed by atoms with van der Waals surface area (Å²) in [4.78, 5) is 13.7. The maximum atomic E-state index is 11.9. The Labute approximate surface area is 149 Å². The van der Waals surface area contributed by atoms with Crippen molar-refractivity contribution in [3.8, 4) is 5.75 Å². The highest BCUT2D eigenvalue weighted by atomic mass is 16.5. The van der Waals surface area contributed by atoms with E-state index in [0.29, 0.717) is 25.3 Å². The number of likely N-dealkylation sites (N-methyl/N-ethyl adjacent to an activating group) is 1. The Morgan fingerprint density at radius 2 is 1.88 bits per heavy atom. The van der Waals surface area contributed by atoms with E-state index in [4.69, 9.17) is 9.47 Å². The van der Waals surface area contributed by atoms with Crippen molar-refractivity contribution in [3.63, 3.8) is 0 Å². The standard InChI is InChI=1S/C19H29NO5/c1-14(2)25-16-6-4-15(5-7-16)17(18(22)23)20(3)12-19(13-21)8-10-24-11-9-19/h4-7,14,17,21H,8-13H2,1-3H3,(H,22,23). The Morgan fingerprint density at radius 3 is 2.36 bits per heavy atom. The van der Waals surface area contributed by atoms with Gasteiger partial charge in [0.1, 0.15) is 11.8 Å². The van der Waals surface area contributed by atoms with E-state index in [1.165, 1.54) is 0 Å². The van der Waals surface area contributed by atoms with Crippen LogP contribution in [0.3, 0.4) is 0 Å². The SMILES string of the molecule is CC(C)Oc1ccc(C(C(=O)O)N(C)CC2(CO)CCOCC2)cc1. The molecule has 2 N–H and O–H groups in total. The largest absolute Gasteiger partial charge is 0.491 e. The molecule has 6 nitrogen and oxygen atoms in total. The number of carboxylic acids is 1. The first kappa shape index (κ1) is 19.7. The van der Waals surface area contributed by atoms with Crippen LogP contribution in [0.25, 0.3) is 0 Å². The third-order valence-corrected chi connectivity index (χ3v) is 4.72. The third kappa shape index (κ3) is 5.17. The fourth-order valence-corrected chi connectivity index (χ4v) is 3.38. The van der Waals surface area contributed by atoms with Crippen LogP contribution < -0.4 is 4.74 Å². The zero-order valence-corrected chi connectivity index (χ0v) is 15.3. The molecular weight excluding hydrogens is 322 g/mol. The summed E-state index contributed by atoms with van der Waals surface area (Å²) < 4.78 is 11.0. The maximum absolute atomic E-state index is 11.9. The highest BCUT2D eigenvalue weighted by Gasteiger charge is 2.36. The molecule has 140 valence electrons. The zero-order chi connectivity index (χ0) is 18.4. The number of aliphatic carboxylic acids is 1. The van der Waals surface area contributed by atoms with E-state index in [9.17, 15) is 15.0 Å². The second kappa shape index (κ2) is 8.65. The van der Waals surface area contributed by atoms with Gasteiger partial charge in [-0.2, -0.15) is 0 Å². The van der Waals surface area contributed by atoms with E-state index in [0.717, 1.165) is 18.6 Å². The smallest absolute Gasteiger partial charge is 0.325 e.